The second-order valence-corrected chi connectivity index (χ2v) is 7.68. The van der Waals surface area contributed by atoms with Crippen molar-refractivity contribution in [3.8, 4) is 0 Å². The zero-order valence-electron chi connectivity index (χ0n) is 12.2. The van der Waals surface area contributed by atoms with Crippen LogP contribution in [-0.2, 0) is 0 Å². The van der Waals surface area contributed by atoms with Crippen LogP contribution in [0.5, 0.6) is 0 Å². The lowest BCUT2D eigenvalue weighted by molar-refractivity contribution is 0.218. The molecule has 0 amide bonds. The third kappa shape index (κ3) is 4.62. The minimum atomic E-state index is 0.519. The first-order chi connectivity index (χ1) is 8.03. The van der Waals surface area contributed by atoms with Crippen LogP contribution in [0.4, 0.5) is 0 Å². The fourth-order valence-electron chi connectivity index (χ4n) is 3.85. The number of likely N-dealkylation sites (tertiary alicyclic amines) is 1. The van der Waals surface area contributed by atoms with Gasteiger partial charge in [0, 0.05) is 13.1 Å². The number of rotatable bonds is 3. The Kier molecular flexibility index (Phi) is 4.52. The summed E-state index contributed by atoms with van der Waals surface area (Å²) < 4.78 is 0. The zero-order chi connectivity index (χ0) is 12.3. The van der Waals surface area contributed by atoms with E-state index in [1.54, 1.807) is 0 Å². The number of hydrogen-bond donors (Lipinski definition) is 0. The zero-order valence-corrected chi connectivity index (χ0v) is 12.2. The Hall–Kier alpha value is -0.0400. The van der Waals surface area contributed by atoms with Crippen molar-refractivity contribution in [2.24, 2.45) is 17.3 Å². The second-order valence-electron chi connectivity index (χ2n) is 7.68. The molecule has 1 saturated carbocycles. The van der Waals surface area contributed by atoms with Gasteiger partial charge in [-0.1, -0.05) is 40.0 Å². The predicted molar refractivity (Wildman–Crippen MR) is 75.2 cm³/mol. The Balaban J connectivity index is 1.70. The Morgan fingerprint density at radius 1 is 0.941 bits per heavy atom. The Bertz CT molecular complexity index is 222. The van der Waals surface area contributed by atoms with Gasteiger partial charge in [-0.2, -0.15) is 0 Å². The van der Waals surface area contributed by atoms with Gasteiger partial charge in [0.2, 0.25) is 0 Å². The van der Waals surface area contributed by atoms with Crippen molar-refractivity contribution >= 4 is 0 Å². The van der Waals surface area contributed by atoms with Crippen LogP contribution in [-0.4, -0.2) is 24.5 Å². The van der Waals surface area contributed by atoms with Crippen molar-refractivity contribution in [3.05, 3.63) is 0 Å². The van der Waals surface area contributed by atoms with Gasteiger partial charge in [-0.3, -0.25) is 0 Å². The molecule has 1 heteroatoms. The molecule has 2 aliphatic rings. The van der Waals surface area contributed by atoms with Gasteiger partial charge >= 0.3 is 0 Å². The first-order valence-electron chi connectivity index (χ1n) is 7.75. The summed E-state index contributed by atoms with van der Waals surface area (Å²) in [7, 11) is 0. The topological polar surface area (TPSA) is 3.24 Å². The molecule has 1 nitrogen and oxygen atoms in total. The van der Waals surface area contributed by atoms with E-state index in [9.17, 15) is 0 Å². The Labute approximate surface area is 108 Å². The first-order valence-corrected chi connectivity index (χ1v) is 7.75. The summed E-state index contributed by atoms with van der Waals surface area (Å²) in [6, 6.07) is 0. The molecule has 1 atom stereocenters. The highest BCUT2D eigenvalue weighted by Gasteiger charge is 2.28. The van der Waals surface area contributed by atoms with Crippen molar-refractivity contribution in [3.63, 3.8) is 0 Å². The maximum absolute atomic E-state index is 2.76. The van der Waals surface area contributed by atoms with Crippen LogP contribution in [0, 0.1) is 17.3 Å². The van der Waals surface area contributed by atoms with Crippen molar-refractivity contribution < 1.29 is 0 Å². The first kappa shape index (κ1) is 13.4. The van der Waals surface area contributed by atoms with Gasteiger partial charge in [-0.15, -0.1) is 0 Å². The minimum Gasteiger partial charge on any atom is -0.303 e. The maximum Gasteiger partial charge on any atom is 0.00104 e. The number of nitrogens with zero attached hydrogens (tertiary/aromatic N) is 1. The quantitative estimate of drug-likeness (QED) is 0.706. The highest BCUT2D eigenvalue weighted by molar-refractivity contribution is 4.81. The van der Waals surface area contributed by atoms with E-state index in [2.05, 4.69) is 25.7 Å². The summed E-state index contributed by atoms with van der Waals surface area (Å²) in [5, 5.41) is 0. The van der Waals surface area contributed by atoms with Crippen LogP contribution in [0.3, 0.4) is 0 Å². The molecular weight excluding hydrogens is 206 g/mol. The standard InChI is InChI=1S/C16H31N/c1-16(2,3)11-15-9-10-17(13-15)12-14-7-5-4-6-8-14/h14-15H,4-13H2,1-3H3. The summed E-state index contributed by atoms with van der Waals surface area (Å²) in [5.74, 6) is 2.00. The molecule has 1 aliphatic heterocycles. The molecule has 0 bridgehead atoms. The molecule has 1 saturated heterocycles. The second kappa shape index (κ2) is 5.73. The molecular formula is C16H31N. The third-order valence-electron chi connectivity index (χ3n) is 4.51. The molecule has 0 aromatic carbocycles. The molecule has 0 radical (unpaired) electrons. The lowest BCUT2D eigenvalue weighted by Gasteiger charge is -2.27. The van der Waals surface area contributed by atoms with Gasteiger partial charge in [-0.25, -0.2) is 0 Å². The third-order valence-corrected chi connectivity index (χ3v) is 4.51. The van der Waals surface area contributed by atoms with Gasteiger partial charge in [0.1, 0.15) is 0 Å². The molecule has 2 rings (SSSR count). The van der Waals surface area contributed by atoms with E-state index in [0.29, 0.717) is 5.41 Å². The fraction of sp³-hybridized carbons (Fsp3) is 1.00. The maximum atomic E-state index is 2.76. The van der Waals surface area contributed by atoms with Crippen LogP contribution >= 0.6 is 0 Å². The van der Waals surface area contributed by atoms with Crippen molar-refractivity contribution in [2.75, 3.05) is 19.6 Å². The minimum absolute atomic E-state index is 0.519. The molecule has 1 unspecified atom stereocenters. The van der Waals surface area contributed by atoms with Gasteiger partial charge in [0.15, 0.2) is 0 Å². The summed E-state index contributed by atoms with van der Waals surface area (Å²) in [6.07, 6.45) is 10.3. The molecule has 0 aromatic heterocycles. The molecule has 17 heavy (non-hydrogen) atoms. The number of hydrogen-bond acceptors (Lipinski definition) is 1. The molecule has 0 aromatic rings. The van der Waals surface area contributed by atoms with Crippen LogP contribution in [0.15, 0.2) is 0 Å². The van der Waals surface area contributed by atoms with Crippen molar-refractivity contribution in [1.29, 1.82) is 0 Å². The molecule has 2 fully saturated rings. The summed E-state index contributed by atoms with van der Waals surface area (Å²) >= 11 is 0. The van der Waals surface area contributed by atoms with Gasteiger partial charge in [-0.05, 0) is 49.5 Å². The van der Waals surface area contributed by atoms with E-state index in [4.69, 9.17) is 0 Å². The van der Waals surface area contributed by atoms with E-state index >= 15 is 0 Å². The van der Waals surface area contributed by atoms with Crippen LogP contribution in [0.25, 0.3) is 0 Å². The van der Waals surface area contributed by atoms with E-state index in [1.165, 1.54) is 64.6 Å². The van der Waals surface area contributed by atoms with Gasteiger partial charge < -0.3 is 4.90 Å². The highest BCUT2D eigenvalue weighted by Crippen LogP contribution is 2.32. The highest BCUT2D eigenvalue weighted by atomic mass is 15.1. The SMILES string of the molecule is CC(C)(C)CC1CCN(CC2CCCCC2)C1. The van der Waals surface area contributed by atoms with E-state index < -0.39 is 0 Å². The van der Waals surface area contributed by atoms with E-state index in [0.717, 1.165) is 11.8 Å². The lowest BCUT2D eigenvalue weighted by Crippen LogP contribution is -2.29. The van der Waals surface area contributed by atoms with Gasteiger partial charge in [0.05, 0.1) is 0 Å². The predicted octanol–water partition coefficient (Wildman–Crippen LogP) is 4.32. The summed E-state index contributed by atoms with van der Waals surface area (Å²) in [6.45, 7) is 11.3. The van der Waals surface area contributed by atoms with E-state index in [-0.39, 0.29) is 0 Å². The molecule has 1 heterocycles. The monoisotopic (exact) mass is 237 g/mol. The molecule has 0 N–H and O–H groups in total. The van der Waals surface area contributed by atoms with E-state index in [1.807, 2.05) is 0 Å². The summed E-state index contributed by atoms with van der Waals surface area (Å²) in [5.41, 5.74) is 0.519. The van der Waals surface area contributed by atoms with Gasteiger partial charge in [0.25, 0.3) is 0 Å². The Morgan fingerprint density at radius 2 is 1.65 bits per heavy atom. The Morgan fingerprint density at radius 3 is 2.29 bits per heavy atom. The molecule has 1 aliphatic carbocycles. The van der Waals surface area contributed by atoms with Crippen LogP contribution in [0.1, 0.15) is 65.7 Å². The summed E-state index contributed by atoms with van der Waals surface area (Å²) in [4.78, 5) is 2.76. The molecule has 100 valence electrons. The average Bonchev–Trinajstić information content (AvgIpc) is 2.64. The van der Waals surface area contributed by atoms with Crippen molar-refractivity contribution in [2.45, 2.75) is 65.7 Å². The van der Waals surface area contributed by atoms with Crippen molar-refractivity contribution in [1.82, 2.24) is 4.90 Å². The van der Waals surface area contributed by atoms with Crippen LogP contribution < -0.4 is 0 Å². The molecule has 0 spiro atoms. The van der Waals surface area contributed by atoms with Crippen LogP contribution in [0.2, 0.25) is 0 Å². The lowest BCUT2D eigenvalue weighted by atomic mass is 9.84. The fourth-order valence-corrected chi connectivity index (χ4v) is 3.85. The normalized spacial score (nSPS) is 28.8. The smallest absolute Gasteiger partial charge is 0.00104 e. The average molecular weight is 237 g/mol. The largest absolute Gasteiger partial charge is 0.303 e.